The second kappa shape index (κ2) is 6.75. The van der Waals surface area contributed by atoms with Gasteiger partial charge < -0.3 is 10.2 Å². The summed E-state index contributed by atoms with van der Waals surface area (Å²) in [4.78, 5) is 15.8. The highest BCUT2D eigenvalue weighted by Crippen LogP contribution is 2.26. The van der Waals surface area contributed by atoms with Crippen LogP contribution in [0.1, 0.15) is 31.4 Å². The van der Waals surface area contributed by atoms with Gasteiger partial charge >= 0.3 is 0 Å². The molecule has 4 nitrogen and oxygen atoms in total. The third-order valence-electron chi connectivity index (χ3n) is 3.92. The van der Waals surface area contributed by atoms with Crippen molar-refractivity contribution in [1.82, 2.24) is 10.2 Å². The molecule has 1 aliphatic heterocycles. The van der Waals surface area contributed by atoms with E-state index in [-0.39, 0.29) is 11.9 Å². The summed E-state index contributed by atoms with van der Waals surface area (Å²) >= 11 is 0. The molecular weight excluding hydrogens is 250 g/mol. The lowest BCUT2D eigenvalue weighted by Crippen LogP contribution is -2.35. The fraction of sp³-hybridized carbons (Fsp3) is 0.562. The summed E-state index contributed by atoms with van der Waals surface area (Å²) < 4.78 is 0. The van der Waals surface area contributed by atoms with Crippen molar-refractivity contribution in [3.05, 3.63) is 29.8 Å². The van der Waals surface area contributed by atoms with E-state index in [1.165, 1.54) is 24.1 Å². The van der Waals surface area contributed by atoms with Gasteiger partial charge in [0.1, 0.15) is 0 Å². The Labute approximate surface area is 121 Å². The molecule has 1 atom stereocenters. The van der Waals surface area contributed by atoms with E-state index in [0.717, 1.165) is 13.1 Å². The Morgan fingerprint density at radius 1 is 1.25 bits per heavy atom. The minimum Gasteiger partial charge on any atom is -0.378 e. The lowest BCUT2D eigenvalue weighted by atomic mass is 10.0. The first kappa shape index (κ1) is 14.9. The van der Waals surface area contributed by atoms with Gasteiger partial charge in [-0.15, -0.1) is 0 Å². The van der Waals surface area contributed by atoms with Gasteiger partial charge in [0.25, 0.3) is 0 Å². The van der Waals surface area contributed by atoms with E-state index >= 15 is 0 Å². The highest BCUT2D eigenvalue weighted by Gasteiger charge is 2.23. The average molecular weight is 275 g/mol. The lowest BCUT2D eigenvalue weighted by molar-refractivity contribution is -0.119. The van der Waals surface area contributed by atoms with E-state index in [4.69, 9.17) is 0 Å². The molecule has 2 rings (SSSR count). The lowest BCUT2D eigenvalue weighted by Gasteiger charge is -2.28. The maximum Gasteiger partial charge on any atom is 0.216 e. The molecule has 1 saturated heterocycles. The Morgan fingerprint density at radius 2 is 1.85 bits per heavy atom. The van der Waals surface area contributed by atoms with Crippen molar-refractivity contribution in [1.29, 1.82) is 0 Å². The van der Waals surface area contributed by atoms with Gasteiger partial charge in [0.05, 0.1) is 6.04 Å². The number of benzene rings is 1. The van der Waals surface area contributed by atoms with Crippen LogP contribution in [0, 0.1) is 0 Å². The monoisotopic (exact) mass is 275 g/mol. The molecule has 0 unspecified atom stereocenters. The molecule has 0 saturated carbocycles. The number of anilines is 1. The molecule has 0 spiro atoms. The number of amides is 1. The van der Waals surface area contributed by atoms with Crippen molar-refractivity contribution in [2.45, 2.75) is 25.8 Å². The van der Waals surface area contributed by atoms with Crippen LogP contribution in [0.5, 0.6) is 0 Å². The largest absolute Gasteiger partial charge is 0.378 e. The third-order valence-corrected chi connectivity index (χ3v) is 3.92. The standard InChI is InChI=1S/C16H25N3O/c1-13(20)17-12-16(19-10-4-5-11-19)14-6-8-15(9-7-14)18(2)3/h6-9,16H,4-5,10-12H2,1-3H3,(H,17,20)/t16-/m0/s1. The molecule has 0 aromatic heterocycles. The number of carbonyl (C=O) groups is 1. The summed E-state index contributed by atoms with van der Waals surface area (Å²) in [6.45, 7) is 4.52. The van der Waals surface area contributed by atoms with Gasteiger partial charge in [-0.2, -0.15) is 0 Å². The van der Waals surface area contributed by atoms with E-state index in [1.54, 1.807) is 6.92 Å². The average Bonchev–Trinajstić information content (AvgIpc) is 2.93. The van der Waals surface area contributed by atoms with Crippen LogP contribution in [0.3, 0.4) is 0 Å². The van der Waals surface area contributed by atoms with Crippen LogP contribution in [0.25, 0.3) is 0 Å². The van der Waals surface area contributed by atoms with Crippen molar-refractivity contribution in [3.8, 4) is 0 Å². The molecule has 20 heavy (non-hydrogen) atoms. The van der Waals surface area contributed by atoms with Crippen LogP contribution in [-0.2, 0) is 4.79 Å². The summed E-state index contributed by atoms with van der Waals surface area (Å²) in [7, 11) is 4.09. The van der Waals surface area contributed by atoms with Crippen molar-refractivity contribution < 1.29 is 4.79 Å². The molecule has 1 amide bonds. The number of rotatable bonds is 5. The van der Waals surface area contributed by atoms with Gasteiger partial charge in [-0.3, -0.25) is 9.69 Å². The molecule has 0 radical (unpaired) electrons. The highest BCUT2D eigenvalue weighted by molar-refractivity contribution is 5.72. The predicted octanol–water partition coefficient (Wildman–Crippen LogP) is 2.03. The van der Waals surface area contributed by atoms with Crippen molar-refractivity contribution in [3.63, 3.8) is 0 Å². The number of nitrogens with zero attached hydrogens (tertiary/aromatic N) is 2. The quantitative estimate of drug-likeness (QED) is 0.893. The molecule has 1 N–H and O–H groups in total. The summed E-state index contributed by atoms with van der Waals surface area (Å²) in [5, 5.41) is 2.97. The van der Waals surface area contributed by atoms with Crippen molar-refractivity contribution >= 4 is 11.6 Å². The molecule has 1 fully saturated rings. The molecular formula is C16H25N3O. The molecule has 0 bridgehead atoms. The number of hydrogen-bond acceptors (Lipinski definition) is 3. The maximum atomic E-state index is 11.2. The molecule has 1 aromatic rings. The second-order valence-electron chi connectivity index (χ2n) is 5.68. The van der Waals surface area contributed by atoms with Crippen LogP contribution in [-0.4, -0.2) is 44.5 Å². The first-order chi connectivity index (χ1) is 9.58. The van der Waals surface area contributed by atoms with Gasteiger partial charge in [-0.25, -0.2) is 0 Å². The first-order valence-corrected chi connectivity index (χ1v) is 7.33. The molecule has 0 aliphatic carbocycles. The van der Waals surface area contributed by atoms with E-state index in [1.807, 2.05) is 14.1 Å². The highest BCUT2D eigenvalue weighted by atomic mass is 16.1. The summed E-state index contributed by atoms with van der Waals surface area (Å²) in [6, 6.07) is 8.94. The van der Waals surface area contributed by atoms with E-state index < -0.39 is 0 Å². The second-order valence-corrected chi connectivity index (χ2v) is 5.68. The number of likely N-dealkylation sites (tertiary alicyclic amines) is 1. The summed E-state index contributed by atoms with van der Waals surface area (Å²) in [6.07, 6.45) is 2.51. The maximum absolute atomic E-state index is 11.2. The Bertz CT molecular complexity index is 436. The zero-order valence-corrected chi connectivity index (χ0v) is 12.7. The van der Waals surface area contributed by atoms with Crippen molar-refractivity contribution in [2.75, 3.05) is 38.6 Å². The van der Waals surface area contributed by atoms with Gasteiger partial charge in [0.2, 0.25) is 5.91 Å². The minimum absolute atomic E-state index is 0.0408. The zero-order valence-electron chi connectivity index (χ0n) is 12.7. The Hall–Kier alpha value is -1.55. The van der Waals surface area contributed by atoms with Crippen LogP contribution >= 0.6 is 0 Å². The molecule has 1 heterocycles. The molecule has 4 heteroatoms. The van der Waals surface area contributed by atoms with Gasteiger partial charge in [-0.1, -0.05) is 12.1 Å². The zero-order chi connectivity index (χ0) is 14.5. The molecule has 1 aromatic carbocycles. The van der Waals surface area contributed by atoms with Gasteiger partial charge in [-0.05, 0) is 43.6 Å². The fourth-order valence-electron chi connectivity index (χ4n) is 2.75. The van der Waals surface area contributed by atoms with Crippen molar-refractivity contribution in [2.24, 2.45) is 0 Å². The summed E-state index contributed by atoms with van der Waals surface area (Å²) in [5.74, 6) is 0.0408. The van der Waals surface area contributed by atoms with Gasteiger partial charge in [0, 0.05) is 33.3 Å². The summed E-state index contributed by atoms with van der Waals surface area (Å²) in [5.41, 5.74) is 2.49. The SMILES string of the molecule is CC(=O)NC[C@@H](c1ccc(N(C)C)cc1)N1CCCC1. The Morgan fingerprint density at radius 3 is 2.35 bits per heavy atom. The van der Waals surface area contributed by atoms with Gasteiger partial charge in [0.15, 0.2) is 0 Å². The number of carbonyl (C=O) groups excluding carboxylic acids is 1. The smallest absolute Gasteiger partial charge is 0.216 e. The van der Waals surface area contributed by atoms with Crippen LogP contribution in [0.2, 0.25) is 0 Å². The van der Waals surface area contributed by atoms with E-state index in [2.05, 4.69) is 39.4 Å². The number of nitrogens with one attached hydrogen (secondary N) is 1. The van der Waals surface area contributed by atoms with Crippen LogP contribution in [0.15, 0.2) is 24.3 Å². The van der Waals surface area contributed by atoms with Crippen LogP contribution in [0.4, 0.5) is 5.69 Å². The van der Waals surface area contributed by atoms with E-state index in [0.29, 0.717) is 6.54 Å². The fourth-order valence-corrected chi connectivity index (χ4v) is 2.75. The minimum atomic E-state index is 0.0408. The Kier molecular flexibility index (Phi) is 5.01. The topological polar surface area (TPSA) is 35.6 Å². The normalized spacial score (nSPS) is 16.9. The van der Waals surface area contributed by atoms with E-state index in [9.17, 15) is 4.79 Å². The molecule has 1 aliphatic rings. The van der Waals surface area contributed by atoms with Crippen LogP contribution < -0.4 is 10.2 Å². The first-order valence-electron chi connectivity index (χ1n) is 7.33. The predicted molar refractivity (Wildman–Crippen MR) is 83.0 cm³/mol. The Balaban J connectivity index is 2.13. The molecule has 110 valence electrons. The number of hydrogen-bond donors (Lipinski definition) is 1. The third kappa shape index (κ3) is 3.73.